The van der Waals surface area contributed by atoms with E-state index in [0.717, 1.165) is 59.4 Å². The van der Waals surface area contributed by atoms with Crippen LogP contribution in [0.25, 0.3) is 21.3 Å². The lowest BCUT2D eigenvalue weighted by Crippen LogP contribution is -2.60. The second-order valence-corrected chi connectivity index (χ2v) is 13.6. The lowest BCUT2D eigenvalue weighted by Gasteiger charge is -2.45. The van der Waals surface area contributed by atoms with Crippen molar-refractivity contribution in [1.29, 1.82) is 0 Å². The van der Waals surface area contributed by atoms with Crippen LogP contribution in [0, 0.1) is 5.92 Å². The van der Waals surface area contributed by atoms with Crippen LogP contribution >= 0.6 is 11.3 Å². The molecular weight excluding hydrogens is 546 g/mol. The number of rotatable bonds is 6. The van der Waals surface area contributed by atoms with Gasteiger partial charge in [0.25, 0.3) is 0 Å². The fourth-order valence-electron chi connectivity index (χ4n) is 6.24. The first kappa shape index (κ1) is 26.7. The van der Waals surface area contributed by atoms with Crippen LogP contribution in [0.3, 0.4) is 0 Å². The summed E-state index contributed by atoms with van der Waals surface area (Å²) in [6, 6.07) is 17.8. The molecule has 1 aliphatic carbocycles. The predicted octanol–water partition coefficient (Wildman–Crippen LogP) is 5.59. The second kappa shape index (κ2) is 10.5. The average Bonchev–Trinajstić information content (AvgIpc) is 3.58. The number of aryl methyl sites for hydroxylation is 1. The summed E-state index contributed by atoms with van der Waals surface area (Å²) in [5, 5.41) is 10.8. The number of carbonyl (C=O) groups is 2. The molecule has 8 nitrogen and oxygen atoms in total. The van der Waals surface area contributed by atoms with Gasteiger partial charge in [-0.05, 0) is 48.6 Å². The van der Waals surface area contributed by atoms with E-state index in [-0.39, 0.29) is 28.8 Å². The maximum Gasteiger partial charge on any atom is 0.348 e. The number of piperazine rings is 1. The predicted molar refractivity (Wildman–Crippen MR) is 156 cm³/mol. The molecule has 1 amide bonds. The Labute approximate surface area is 237 Å². The third kappa shape index (κ3) is 4.63. The monoisotopic (exact) mass is 577 g/mol. The van der Waals surface area contributed by atoms with E-state index >= 15 is 0 Å². The molecule has 10 heteroatoms. The number of hydrogen-bond acceptors (Lipinski definition) is 5. The Hall–Kier alpha value is -3.47. The number of thiophene rings is 1. The smallest absolute Gasteiger partial charge is 0.348 e. The van der Waals surface area contributed by atoms with Crippen LogP contribution in [-0.4, -0.2) is 53.4 Å². The van der Waals surface area contributed by atoms with Crippen molar-refractivity contribution in [3.05, 3.63) is 71.7 Å². The lowest BCUT2D eigenvalue weighted by molar-refractivity contribution is -0.121. The molecule has 2 aliphatic rings. The number of carboxylic acid groups (broad SMARTS) is 1. The Morgan fingerprint density at radius 2 is 1.75 bits per heavy atom. The van der Waals surface area contributed by atoms with Crippen LogP contribution in [0.1, 0.15) is 41.8 Å². The largest absolute Gasteiger partial charge is 0.477 e. The molecule has 1 unspecified atom stereocenters. The molecular formula is C30H31N3O5S2. The number of hydrogen-bond donors (Lipinski definition) is 1. The molecule has 0 spiro atoms. The number of aromatic nitrogens is 1. The van der Waals surface area contributed by atoms with Gasteiger partial charge in [0.1, 0.15) is 4.88 Å². The molecule has 1 aliphatic heterocycles. The summed E-state index contributed by atoms with van der Waals surface area (Å²) in [6.45, 7) is -0.220. The first-order valence-electron chi connectivity index (χ1n) is 13.5. The van der Waals surface area contributed by atoms with Gasteiger partial charge >= 0.3 is 5.97 Å². The first-order valence-corrected chi connectivity index (χ1v) is 15.8. The maximum atomic E-state index is 14.0. The van der Waals surface area contributed by atoms with E-state index in [1.165, 1.54) is 4.31 Å². The van der Waals surface area contributed by atoms with Gasteiger partial charge < -0.3 is 14.6 Å². The molecule has 1 saturated heterocycles. The van der Waals surface area contributed by atoms with E-state index < -0.39 is 27.9 Å². The summed E-state index contributed by atoms with van der Waals surface area (Å²) in [5.74, 6) is -1.42. The number of carboxylic acids is 1. The Morgan fingerprint density at radius 3 is 2.48 bits per heavy atom. The number of aromatic carboxylic acids is 1. The van der Waals surface area contributed by atoms with Crippen molar-refractivity contribution in [3.8, 4) is 10.4 Å². The van der Waals surface area contributed by atoms with E-state index in [0.29, 0.717) is 11.1 Å². The highest BCUT2D eigenvalue weighted by molar-refractivity contribution is 7.89. The number of carbonyl (C=O) groups excluding carboxylic acids is 1. The van der Waals surface area contributed by atoms with Crippen molar-refractivity contribution in [2.45, 2.75) is 43.0 Å². The lowest BCUT2D eigenvalue weighted by atomic mass is 9.82. The number of amides is 1. The van der Waals surface area contributed by atoms with Crippen LogP contribution < -0.4 is 4.90 Å². The minimum atomic E-state index is -3.99. The van der Waals surface area contributed by atoms with Crippen molar-refractivity contribution >= 4 is 49.8 Å². The number of benzene rings is 2. The molecule has 208 valence electrons. The highest BCUT2D eigenvalue weighted by Crippen LogP contribution is 2.42. The quantitative estimate of drug-likeness (QED) is 0.322. The summed E-state index contributed by atoms with van der Waals surface area (Å²) in [7, 11) is -2.13. The molecule has 40 heavy (non-hydrogen) atoms. The van der Waals surface area contributed by atoms with Gasteiger partial charge in [-0.2, -0.15) is 4.31 Å². The molecule has 1 saturated carbocycles. The van der Waals surface area contributed by atoms with E-state index in [9.17, 15) is 23.1 Å². The second-order valence-electron chi connectivity index (χ2n) is 10.6. The van der Waals surface area contributed by atoms with Gasteiger partial charge in [0.05, 0.1) is 23.2 Å². The fraction of sp³-hybridized carbons (Fsp3) is 0.333. The molecule has 2 aromatic carbocycles. The van der Waals surface area contributed by atoms with Crippen LogP contribution in [0.5, 0.6) is 0 Å². The fourth-order valence-corrected chi connectivity index (χ4v) is 8.84. The van der Waals surface area contributed by atoms with Gasteiger partial charge in [-0.25, -0.2) is 13.2 Å². The summed E-state index contributed by atoms with van der Waals surface area (Å²) in [6.07, 6.45) is 6.68. The normalized spacial score (nSPS) is 19.4. The molecule has 0 bridgehead atoms. The summed E-state index contributed by atoms with van der Waals surface area (Å²) >= 11 is 1.14. The van der Waals surface area contributed by atoms with Crippen LogP contribution in [0.2, 0.25) is 0 Å². The van der Waals surface area contributed by atoms with E-state index in [4.69, 9.17) is 0 Å². The average molecular weight is 578 g/mol. The Morgan fingerprint density at radius 1 is 1.00 bits per heavy atom. The molecule has 3 heterocycles. The number of anilines is 1. The van der Waals surface area contributed by atoms with Crippen molar-refractivity contribution in [3.63, 3.8) is 0 Å². The zero-order valence-electron chi connectivity index (χ0n) is 22.2. The zero-order chi connectivity index (χ0) is 28.0. The highest BCUT2D eigenvalue weighted by atomic mass is 32.2. The van der Waals surface area contributed by atoms with Crippen molar-refractivity contribution < 1.29 is 23.1 Å². The topological polar surface area (TPSA) is 99.9 Å². The standard InChI is InChI=1S/C30H31N3O5S2/c1-31-16-15-22-23(31)13-8-14-27(22)40(37,38)32-18-25(20-9-4-2-5-10-20)33(28(34)19-32)24-17-26(39-29(24)30(35)36)21-11-6-3-7-12-21/h3,6-8,11-17,20,25H,2,4-5,9-10,18-19H2,1H3,(H,35,36). The van der Waals surface area contributed by atoms with Gasteiger partial charge in [0.2, 0.25) is 15.9 Å². The zero-order valence-corrected chi connectivity index (χ0v) is 23.8. The molecule has 4 aromatic rings. The van der Waals surface area contributed by atoms with Gasteiger partial charge in [-0.1, -0.05) is 55.7 Å². The van der Waals surface area contributed by atoms with Crippen LogP contribution in [0.4, 0.5) is 5.69 Å². The molecule has 1 atom stereocenters. The maximum absolute atomic E-state index is 14.0. The van der Waals surface area contributed by atoms with Crippen molar-refractivity contribution in [2.75, 3.05) is 18.0 Å². The Balaban J connectivity index is 1.42. The minimum absolute atomic E-state index is 0.0740. The Kier molecular flexibility index (Phi) is 7.02. The number of nitrogens with zero attached hydrogens (tertiary/aromatic N) is 3. The molecule has 0 radical (unpaired) electrons. The minimum Gasteiger partial charge on any atom is -0.477 e. The van der Waals surface area contributed by atoms with E-state index in [1.54, 1.807) is 29.2 Å². The number of fused-ring (bicyclic) bond motifs is 1. The molecule has 6 rings (SSSR count). The SMILES string of the molecule is Cn1ccc2c(S(=O)(=O)N3CC(=O)N(c4cc(-c5ccccc5)sc4C(=O)O)C(C4CCCCC4)C3)cccc21. The van der Waals surface area contributed by atoms with Crippen LogP contribution in [-0.2, 0) is 21.9 Å². The Bertz CT molecular complexity index is 1690. The summed E-state index contributed by atoms with van der Waals surface area (Å²) in [5.41, 5.74) is 2.03. The van der Waals surface area contributed by atoms with E-state index in [1.807, 2.05) is 54.2 Å². The van der Waals surface area contributed by atoms with Gasteiger partial charge in [-0.15, -0.1) is 11.3 Å². The third-order valence-electron chi connectivity index (χ3n) is 8.23. The third-order valence-corrected chi connectivity index (χ3v) is 11.3. The van der Waals surface area contributed by atoms with Crippen molar-refractivity contribution in [2.24, 2.45) is 13.0 Å². The highest BCUT2D eigenvalue weighted by Gasteiger charge is 2.44. The van der Waals surface area contributed by atoms with Gasteiger partial charge in [-0.3, -0.25) is 4.79 Å². The summed E-state index contributed by atoms with van der Waals surface area (Å²) < 4.78 is 31.3. The van der Waals surface area contributed by atoms with Gasteiger partial charge in [0.15, 0.2) is 0 Å². The molecule has 2 fully saturated rings. The van der Waals surface area contributed by atoms with Crippen molar-refractivity contribution in [1.82, 2.24) is 8.87 Å². The molecule has 2 aromatic heterocycles. The summed E-state index contributed by atoms with van der Waals surface area (Å²) in [4.78, 5) is 29.0. The molecule has 1 N–H and O–H groups in total. The van der Waals surface area contributed by atoms with E-state index in [2.05, 4.69) is 0 Å². The van der Waals surface area contributed by atoms with Crippen LogP contribution in [0.15, 0.2) is 71.8 Å². The van der Waals surface area contributed by atoms with Gasteiger partial charge in [0, 0.05) is 35.6 Å². The first-order chi connectivity index (χ1) is 19.3. The number of sulfonamides is 1.